The first-order valence-corrected chi connectivity index (χ1v) is 5.73. The Morgan fingerprint density at radius 2 is 1.94 bits per heavy atom. The number of allylic oxidation sites excluding steroid dienone is 4. The van der Waals surface area contributed by atoms with E-state index in [2.05, 4.69) is 39.0 Å². The van der Waals surface area contributed by atoms with E-state index in [1.54, 1.807) is 0 Å². The molecule has 16 heavy (non-hydrogen) atoms. The van der Waals surface area contributed by atoms with E-state index in [0.717, 1.165) is 5.69 Å². The molecule has 1 aliphatic rings. The summed E-state index contributed by atoms with van der Waals surface area (Å²) >= 11 is 0. The minimum atomic E-state index is 0.0968. The maximum atomic E-state index is 6.11. The lowest BCUT2D eigenvalue weighted by molar-refractivity contribution is 0.639. The second kappa shape index (κ2) is 3.51. The molecule has 0 spiro atoms. The van der Waals surface area contributed by atoms with E-state index in [1.807, 2.05) is 19.1 Å². The first kappa shape index (κ1) is 11.0. The van der Waals surface area contributed by atoms with Gasteiger partial charge >= 0.3 is 0 Å². The fourth-order valence-electron chi connectivity index (χ4n) is 2.49. The summed E-state index contributed by atoms with van der Waals surface area (Å²) in [5, 5.41) is 0. The van der Waals surface area contributed by atoms with Crippen LogP contribution in [0.2, 0.25) is 0 Å². The van der Waals surface area contributed by atoms with E-state index < -0.39 is 0 Å². The lowest BCUT2D eigenvalue weighted by Crippen LogP contribution is -2.15. The van der Waals surface area contributed by atoms with Crippen molar-refractivity contribution in [3.63, 3.8) is 0 Å². The van der Waals surface area contributed by atoms with Gasteiger partial charge in [0.05, 0.1) is 0 Å². The summed E-state index contributed by atoms with van der Waals surface area (Å²) in [5.74, 6) is 0. The normalized spacial score (nSPS) is 18.2. The second-order valence-corrected chi connectivity index (χ2v) is 4.93. The van der Waals surface area contributed by atoms with Crippen LogP contribution in [0.5, 0.6) is 0 Å². The highest BCUT2D eigenvalue weighted by molar-refractivity contribution is 5.90. The van der Waals surface area contributed by atoms with Gasteiger partial charge in [-0.3, -0.25) is 0 Å². The summed E-state index contributed by atoms with van der Waals surface area (Å²) in [7, 11) is 0. The highest BCUT2D eigenvalue weighted by atomic mass is 14.6. The van der Waals surface area contributed by atoms with E-state index in [0.29, 0.717) is 0 Å². The van der Waals surface area contributed by atoms with Gasteiger partial charge in [0, 0.05) is 16.7 Å². The third-order valence-corrected chi connectivity index (χ3v) is 3.71. The quantitative estimate of drug-likeness (QED) is 0.703. The summed E-state index contributed by atoms with van der Waals surface area (Å²) in [6.45, 7) is 8.77. The Morgan fingerprint density at radius 1 is 1.25 bits per heavy atom. The SMILES string of the molecule is C/C=C\C1=C(C)C(C)(C)c2cccc(N)c21. The minimum absolute atomic E-state index is 0.0968. The third kappa shape index (κ3) is 1.31. The zero-order valence-electron chi connectivity index (χ0n) is 10.5. The van der Waals surface area contributed by atoms with E-state index in [4.69, 9.17) is 5.73 Å². The van der Waals surface area contributed by atoms with E-state index in [9.17, 15) is 0 Å². The Morgan fingerprint density at radius 3 is 2.56 bits per heavy atom. The highest BCUT2D eigenvalue weighted by Gasteiger charge is 2.34. The zero-order chi connectivity index (χ0) is 11.9. The topological polar surface area (TPSA) is 26.0 Å². The van der Waals surface area contributed by atoms with Gasteiger partial charge in [-0.25, -0.2) is 0 Å². The molecule has 1 heteroatoms. The number of anilines is 1. The molecule has 0 saturated heterocycles. The van der Waals surface area contributed by atoms with Crippen LogP contribution in [0, 0.1) is 0 Å². The summed E-state index contributed by atoms with van der Waals surface area (Å²) in [4.78, 5) is 0. The number of benzene rings is 1. The number of hydrogen-bond donors (Lipinski definition) is 1. The van der Waals surface area contributed by atoms with Crippen LogP contribution in [0.15, 0.2) is 35.9 Å². The van der Waals surface area contributed by atoms with Crippen molar-refractivity contribution in [1.29, 1.82) is 0 Å². The molecule has 2 rings (SSSR count). The molecule has 0 atom stereocenters. The lowest BCUT2D eigenvalue weighted by Gasteiger charge is -2.22. The number of fused-ring (bicyclic) bond motifs is 1. The van der Waals surface area contributed by atoms with Crippen molar-refractivity contribution in [3.8, 4) is 0 Å². The molecule has 0 bridgehead atoms. The Kier molecular flexibility index (Phi) is 2.42. The molecular weight excluding hydrogens is 194 g/mol. The third-order valence-electron chi connectivity index (χ3n) is 3.71. The first-order valence-electron chi connectivity index (χ1n) is 5.73. The molecule has 1 aliphatic carbocycles. The zero-order valence-corrected chi connectivity index (χ0v) is 10.5. The van der Waals surface area contributed by atoms with Crippen molar-refractivity contribution in [1.82, 2.24) is 0 Å². The maximum absolute atomic E-state index is 6.11. The van der Waals surface area contributed by atoms with Gasteiger partial charge in [0.15, 0.2) is 0 Å². The van der Waals surface area contributed by atoms with Gasteiger partial charge in [-0.1, -0.05) is 43.7 Å². The molecule has 0 unspecified atom stereocenters. The lowest BCUT2D eigenvalue weighted by atomic mass is 9.82. The summed E-state index contributed by atoms with van der Waals surface area (Å²) in [6, 6.07) is 6.21. The smallest absolute Gasteiger partial charge is 0.0396 e. The van der Waals surface area contributed by atoms with Crippen molar-refractivity contribution >= 4 is 11.3 Å². The fourth-order valence-corrected chi connectivity index (χ4v) is 2.49. The van der Waals surface area contributed by atoms with Crippen LogP contribution in [0.3, 0.4) is 0 Å². The van der Waals surface area contributed by atoms with Crippen molar-refractivity contribution in [2.45, 2.75) is 33.1 Å². The summed E-state index contributed by atoms with van der Waals surface area (Å²) in [6.07, 6.45) is 4.25. The van der Waals surface area contributed by atoms with Crippen LogP contribution in [0.1, 0.15) is 38.8 Å². The molecule has 1 aromatic carbocycles. The molecule has 1 aromatic rings. The fraction of sp³-hybridized carbons (Fsp3) is 0.333. The average Bonchev–Trinajstić information content (AvgIpc) is 2.42. The predicted octanol–water partition coefficient (Wildman–Crippen LogP) is 3.91. The molecule has 0 amide bonds. The van der Waals surface area contributed by atoms with Gasteiger partial charge in [0.25, 0.3) is 0 Å². The highest BCUT2D eigenvalue weighted by Crippen LogP contribution is 2.48. The maximum Gasteiger partial charge on any atom is 0.0396 e. The summed E-state index contributed by atoms with van der Waals surface area (Å²) < 4.78 is 0. The molecular formula is C15H19N. The largest absolute Gasteiger partial charge is 0.398 e. The predicted molar refractivity (Wildman–Crippen MR) is 71.3 cm³/mol. The Bertz CT molecular complexity index is 490. The number of rotatable bonds is 1. The van der Waals surface area contributed by atoms with Gasteiger partial charge in [0.2, 0.25) is 0 Å². The van der Waals surface area contributed by atoms with Crippen molar-refractivity contribution in [2.24, 2.45) is 0 Å². The van der Waals surface area contributed by atoms with Crippen molar-refractivity contribution in [2.75, 3.05) is 5.73 Å². The van der Waals surface area contributed by atoms with Gasteiger partial charge < -0.3 is 5.73 Å². The van der Waals surface area contributed by atoms with E-state index in [-0.39, 0.29) is 5.41 Å². The van der Waals surface area contributed by atoms with Crippen LogP contribution in [0.4, 0.5) is 5.69 Å². The molecule has 2 N–H and O–H groups in total. The molecule has 0 aromatic heterocycles. The monoisotopic (exact) mass is 213 g/mol. The van der Waals surface area contributed by atoms with Gasteiger partial charge in [-0.2, -0.15) is 0 Å². The molecule has 0 heterocycles. The van der Waals surface area contributed by atoms with Gasteiger partial charge in [-0.05, 0) is 31.1 Å². The Labute approximate surface area is 97.7 Å². The van der Waals surface area contributed by atoms with Crippen molar-refractivity contribution < 1.29 is 0 Å². The van der Waals surface area contributed by atoms with E-state index >= 15 is 0 Å². The Balaban J connectivity index is 2.78. The van der Waals surface area contributed by atoms with Crippen LogP contribution in [-0.4, -0.2) is 0 Å². The number of nitrogen functional groups attached to an aromatic ring is 1. The molecule has 0 fully saturated rings. The van der Waals surface area contributed by atoms with Crippen LogP contribution >= 0.6 is 0 Å². The average molecular weight is 213 g/mol. The molecule has 0 radical (unpaired) electrons. The number of hydrogen-bond acceptors (Lipinski definition) is 1. The Hall–Kier alpha value is -1.50. The minimum Gasteiger partial charge on any atom is -0.398 e. The van der Waals surface area contributed by atoms with E-state index in [1.165, 1.54) is 22.3 Å². The first-order chi connectivity index (χ1) is 7.50. The second-order valence-electron chi connectivity index (χ2n) is 4.93. The molecule has 0 aliphatic heterocycles. The molecule has 0 saturated carbocycles. The van der Waals surface area contributed by atoms with Gasteiger partial charge in [0.1, 0.15) is 0 Å². The van der Waals surface area contributed by atoms with Gasteiger partial charge in [-0.15, -0.1) is 0 Å². The standard InChI is InChI=1S/C15H19N/c1-5-7-11-10(2)15(3,4)12-8-6-9-13(16)14(11)12/h5-9H,16H2,1-4H3/b7-5-. The summed E-state index contributed by atoms with van der Waals surface area (Å²) in [5.41, 5.74) is 12.4. The van der Waals surface area contributed by atoms with Crippen LogP contribution < -0.4 is 5.73 Å². The molecule has 1 nitrogen and oxygen atoms in total. The van der Waals surface area contributed by atoms with Crippen molar-refractivity contribution in [3.05, 3.63) is 47.1 Å². The molecule has 84 valence electrons. The number of nitrogens with two attached hydrogens (primary N) is 1. The van der Waals surface area contributed by atoms with Crippen LogP contribution in [-0.2, 0) is 5.41 Å². The van der Waals surface area contributed by atoms with Crippen LogP contribution in [0.25, 0.3) is 5.57 Å².